The Morgan fingerprint density at radius 2 is 2.14 bits per heavy atom. The summed E-state index contributed by atoms with van der Waals surface area (Å²) in [6, 6.07) is 0. The van der Waals surface area contributed by atoms with Crippen LogP contribution in [0.3, 0.4) is 0 Å². The Morgan fingerprint density at radius 1 is 1.50 bits per heavy atom. The van der Waals surface area contributed by atoms with Crippen molar-refractivity contribution in [3.63, 3.8) is 0 Å². The van der Waals surface area contributed by atoms with Crippen molar-refractivity contribution in [3.8, 4) is 0 Å². The van der Waals surface area contributed by atoms with Crippen LogP contribution in [-0.2, 0) is 4.74 Å². The number of carbonyl (C=O) groups excluding carboxylic acids is 1. The smallest absolute Gasteiger partial charge is 0.407 e. The number of ether oxygens (including phenoxy) is 1. The van der Waals surface area contributed by atoms with Gasteiger partial charge in [-0.15, -0.1) is 12.4 Å². The lowest BCUT2D eigenvalue weighted by atomic mass is 9.98. The van der Waals surface area contributed by atoms with Gasteiger partial charge in [-0.2, -0.15) is 0 Å². The largest absolute Gasteiger partial charge is 0.450 e. The van der Waals surface area contributed by atoms with Gasteiger partial charge < -0.3 is 15.4 Å². The lowest BCUT2D eigenvalue weighted by Crippen LogP contribution is -2.36. The molecule has 14 heavy (non-hydrogen) atoms. The van der Waals surface area contributed by atoms with Crippen molar-refractivity contribution in [2.45, 2.75) is 19.8 Å². The molecule has 0 aromatic heterocycles. The van der Waals surface area contributed by atoms with E-state index in [-0.39, 0.29) is 18.5 Å². The number of piperidine rings is 1. The predicted molar refractivity (Wildman–Crippen MR) is 57.9 cm³/mol. The van der Waals surface area contributed by atoms with E-state index in [1.165, 1.54) is 0 Å². The molecule has 0 aliphatic carbocycles. The lowest BCUT2D eigenvalue weighted by Gasteiger charge is -2.22. The monoisotopic (exact) mass is 222 g/mol. The van der Waals surface area contributed by atoms with Crippen LogP contribution in [0, 0.1) is 5.92 Å². The molecule has 2 N–H and O–H groups in total. The highest BCUT2D eigenvalue weighted by molar-refractivity contribution is 5.85. The summed E-state index contributed by atoms with van der Waals surface area (Å²) in [7, 11) is 0. The van der Waals surface area contributed by atoms with Gasteiger partial charge in [-0.3, -0.25) is 0 Å². The molecule has 1 aliphatic rings. The van der Waals surface area contributed by atoms with E-state index in [1.807, 2.05) is 6.92 Å². The first kappa shape index (κ1) is 13.5. The average molecular weight is 223 g/mol. The van der Waals surface area contributed by atoms with E-state index < -0.39 is 0 Å². The SMILES string of the molecule is CCOC(=O)NCC1CCNCC1.Cl. The van der Waals surface area contributed by atoms with Gasteiger partial charge >= 0.3 is 6.09 Å². The summed E-state index contributed by atoms with van der Waals surface area (Å²) >= 11 is 0. The first-order chi connectivity index (χ1) is 6.33. The number of rotatable bonds is 3. The molecule has 1 aliphatic heterocycles. The third-order valence-electron chi connectivity index (χ3n) is 2.27. The molecule has 1 amide bonds. The number of hydrogen-bond acceptors (Lipinski definition) is 3. The van der Waals surface area contributed by atoms with E-state index in [1.54, 1.807) is 0 Å². The number of amides is 1. The molecule has 84 valence electrons. The maximum atomic E-state index is 10.9. The average Bonchev–Trinajstić information content (AvgIpc) is 2.17. The van der Waals surface area contributed by atoms with Gasteiger partial charge in [-0.05, 0) is 38.8 Å². The molecule has 0 aromatic rings. The molecular formula is C9H19ClN2O2. The van der Waals surface area contributed by atoms with E-state index in [9.17, 15) is 4.79 Å². The molecule has 0 aromatic carbocycles. The Labute approximate surface area is 91.2 Å². The minimum absolute atomic E-state index is 0. The van der Waals surface area contributed by atoms with Crippen LogP contribution in [0.4, 0.5) is 4.79 Å². The van der Waals surface area contributed by atoms with Crippen molar-refractivity contribution in [1.82, 2.24) is 10.6 Å². The van der Waals surface area contributed by atoms with Crippen molar-refractivity contribution in [2.75, 3.05) is 26.2 Å². The fourth-order valence-corrected chi connectivity index (χ4v) is 1.50. The van der Waals surface area contributed by atoms with Gasteiger partial charge in [0, 0.05) is 6.54 Å². The van der Waals surface area contributed by atoms with Crippen molar-refractivity contribution < 1.29 is 9.53 Å². The zero-order chi connectivity index (χ0) is 9.52. The van der Waals surface area contributed by atoms with Crippen LogP contribution >= 0.6 is 12.4 Å². The molecule has 0 unspecified atom stereocenters. The van der Waals surface area contributed by atoms with Gasteiger partial charge in [0.15, 0.2) is 0 Å². The van der Waals surface area contributed by atoms with E-state index in [0.29, 0.717) is 12.5 Å². The van der Waals surface area contributed by atoms with Gasteiger partial charge in [-0.25, -0.2) is 4.79 Å². The molecule has 0 atom stereocenters. The molecule has 5 heteroatoms. The zero-order valence-electron chi connectivity index (χ0n) is 8.54. The van der Waals surface area contributed by atoms with Crippen molar-refractivity contribution in [1.29, 1.82) is 0 Å². The highest BCUT2D eigenvalue weighted by atomic mass is 35.5. The zero-order valence-corrected chi connectivity index (χ0v) is 9.36. The number of alkyl carbamates (subject to hydrolysis) is 1. The highest BCUT2D eigenvalue weighted by Crippen LogP contribution is 2.09. The number of hydrogen-bond donors (Lipinski definition) is 2. The first-order valence-corrected chi connectivity index (χ1v) is 4.94. The minimum Gasteiger partial charge on any atom is -0.450 e. The Hall–Kier alpha value is -0.480. The third-order valence-corrected chi connectivity index (χ3v) is 2.27. The second-order valence-electron chi connectivity index (χ2n) is 3.29. The maximum absolute atomic E-state index is 10.9. The molecule has 1 fully saturated rings. The van der Waals surface area contributed by atoms with Crippen LogP contribution in [0.15, 0.2) is 0 Å². The topological polar surface area (TPSA) is 50.4 Å². The normalized spacial score (nSPS) is 16.9. The fraction of sp³-hybridized carbons (Fsp3) is 0.889. The quantitative estimate of drug-likeness (QED) is 0.754. The standard InChI is InChI=1S/C9H18N2O2.ClH/c1-2-13-9(12)11-7-8-3-5-10-6-4-8;/h8,10H,2-7H2,1H3,(H,11,12);1H. The van der Waals surface area contributed by atoms with E-state index in [2.05, 4.69) is 10.6 Å². The molecule has 1 heterocycles. The number of carbonyl (C=O) groups is 1. The predicted octanol–water partition coefficient (Wildman–Crippen LogP) is 1.15. The second-order valence-corrected chi connectivity index (χ2v) is 3.29. The summed E-state index contributed by atoms with van der Waals surface area (Å²) in [5.41, 5.74) is 0. The van der Waals surface area contributed by atoms with Crippen LogP contribution in [0.5, 0.6) is 0 Å². The van der Waals surface area contributed by atoms with Crippen LogP contribution < -0.4 is 10.6 Å². The Morgan fingerprint density at radius 3 is 2.71 bits per heavy atom. The summed E-state index contributed by atoms with van der Waals surface area (Å²) < 4.78 is 4.77. The van der Waals surface area contributed by atoms with E-state index >= 15 is 0 Å². The Balaban J connectivity index is 0.00000169. The number of nitrogens with one attached hydrogen (secondary N) is 2. The van der Waals surface area contributed by atoms with Crippen LogP contribution in [-0.4, -0.2) is 32.3 Å². The van der Waals surface area contributed by atoms with Crippen LogP contribution in [0.25, 0.3) is 0 Å². The van der Waals surface area contributed by atoms with E-state index in [4.69, 9.17) is 4.74 Å². The Kier molecular flexibility index (Phi) is 7.61. The minimum atomic E-state index is -0.291. The molecule has 1 saturated heterocycles. The summed E-state index contributed by atoms with van der Waals surface area (Å²) in [5, 5.41) is 6.05. The molecule has 0 saturated carbocycles. The summed E-state index contributed by atoms with van der Waals surface area (Å²) in [4.78, 5) is 10.9. The number of halogens is 1. The molecular weight excluding hydrogens is 204 g/mol. The second kappa shape index (κ2) is 7.88. The highest BCUT2D eigenvalue weighted by Gasteiger charge is 2.13. The summed E-state index contributed by atoms with van der Waals surface area (Å²) in [6.45, 7) is 5.13. The summed E-state index contributed by atoms with van der Waals surface area (Å²) in [5.74, 6) is 0.616. The summed E-state index contributed by atoms with van der Waals surface area (Å²) in [6.07, 6.45) is 2.00. The molecule has 1 rings (SSSR count). The van der Waals surface area contributed by atoms with E-state index in [0.717, 1.165) is 32.5 Å². The molecule has 0 bridgehead atoms. The molecule has 0 radical (unpaired) electrons. The molecule has 0 spiro atoms. The fourth-order valence-electron chi connectivity index (χ4n) is 1.50. The van der Waals surface area contributed by atoms with Gasteiger partial charge in [0.25, 0.3) is 0 Å². The van der Waals surface area contributed by atoms with Crippen LogP contribution in [0.1, 0.15) is 19.8 Å². The van der Waals surface area contributed by atoms with Gasteiger partial charge in [0.1, 0.15) is 0 Å². The maximum Gasteiger partial charge on any atom is 0.407 e. The van der Waals surface area contributed by atoms with Crippen molar-refractivity contribution in [2.24, 2.45) is 5.92 Å². The van der Waals surface area contributed by atoms with Crippen molar-refractivity contribution in [3.05, 3.63) is 0 Å². The third kappa shape index (κ3) is 5.29. The Bertz CT molecular complexity index is 161. The van der Waals surface area contributed by atoms with Crippen molar-refractivity contribution >= 4 is 18.5 Å². The van der Waals surface area contributed by atoms with Gasteiger partial charge in [0.05, 0.1) is 6.61 Å². The lowest BCUT2D eigenvalue weighted by molar-refractivity contribution is 0.149. The van der Waals surface area contributed by atoms with Crippen LogP contribution in [0.2, 0.25) is 0 Å². The van der Waals surface area contributed by atoms with Gasteiger partial charge in [0.2, 0.25) is 0 Å². The van der Waals surface area contributed by atoms with Gasteiger partial charge in [-0.1, -0.05) is 0 Å². The first-order valence-electron chi connectivity index (χ1n) is 4.94. The molecule has 4 nitrogen and oxygen atoms in total.